The smallest absolute Gasteiger partial charge is 0.171 e. The summed E-state index contributed by atoms with van der Waals surface area (Å²) in [5.74, 6) is 0.273. The number of hydrogen-bond donors (Lipinski definition) is 0. The van der Waals surface area contributed by atoms with Gasteiger partial charge >= 0.3 is 0 Å². The van der Waals surface area contributed by atoms with E-state index in [1.807, 2.05) is 13.8 Å². The van der Waals surface area contributed by atoms with Gasteiger partial charge < -0.3 is 9.64 Å². The van der Waals surface area contributed by atoms with Crippen molar-refractivity contribution in [3.8, 4) is 0 Å². The van der Waals surface area contributed by atoms with Crippen molar-refractivity contribution in [2.24, 2.45) is 11.3 Å². The number of ether oxygens (including phenoxy) is 1. The van der Waals surface area contributed by atoms with Crippen LogP contribution in [0.1, 0.15) is 60.8 Å². The second-order valence-corrected chi connectivity index (χ2v) is 7.82. The predicted molar refractivity (Wildman–Crippen MR) is 81.8 cm³/mol. The third-order valence-corrected chi connectivity index (χ3v) is 5.73. The molecule has 0 bridgehead atoms. The van der Waals surface area contributed by atoms with Crippen LogP contribution in [0.2, 0.25) is 0 Å². The summed E-state index contributed by atoms with van der Waals surface area (Å²) in [6.45, 7) is 15.7. The number of nitrogens with zero attached hydrogens (tertiary/aromatic N) is 1. The van der Waals surface area contributed by atoms with Gasteiger partial charge in [0, 0.05) is 13.1 Å². The molecule has 1 atom stereocenters. The van der Waals surface area contributed by atoms with Crippen LogP contribution in [0.5, 0.6) is 0 Å². The minimum Gasteiger partial charge on any atom is -0.361 e. The van der Waals surface area contributed by atoms with Gasteiger partial charge in [-0.05, 0) is 58.9 Å². The molecule has 0 N–H and O–H groups in total. The first kappa shape index (κ1) is 16.0. The normalized spacial score (nSPS) is 31.9. The summed E-state index contributed by atoms with van der Waals surface area (Å²) in [6, 6.07) is 0. The predicted octanol–water partition coefficient (Wildman–Crippen LogP) is 3.27. The molecular weight excluding hydrogens is 250 g/mol. The highest BCUT2D eigenvalue weighted by Crippen LogP contribution is 2.42. The largest absolute Gasteiger partial charge is 0.361 e. The Hall–Kier alpha value is -0.410. The summed E-state index contributed by atoms with van der Waals surface area (Å²) in [5, 5.41) is 0. The van der Waals surface area contributed by atoms with E-state index in [2.05, 4.69) is 32.6 Å². The van der Waals surface area contributed by atoms with Crippen LogP contribution in [0.3, 0.4) is 0 Å². The molecule has 2 saturated heterocycles. The van der Waals surface area contributed by atoms with Crippen LogP contribution in [-0.4, -0.2) is 41.5 Å². The molecule has 3 heteroatoms. The van der Waals surface area contributed by atoms with Gasteiger partial charge in [-0.25, -0.2) is 0 Å². The number of carbonyl (C=O) groups excluding carboxylic acids is 1. The van der Waals surface area contributed by atoms with E-state index in [1.165, 1.54) is 19.3 Å². The number of hydrogen-bond acceptors (Lipinski definition) is 3. The second-order valence-electron chi connectivity index (χ2n) is 7.82. The molecule has 2 fully saturated rings. The van der Waals surface area contributed by atoms with Crippen LogP contribution in [-0.2, 0) is 9.53 Å². The Bertz CT molecular complexity index is 382. The Labute approximate surface area is 124 Å². The van der Waals surface area contributed by atoms with E-state index in [4.69, 9.17) is 4.74 Å². The standard InChI is InChI=1S/C17H31NO2/c1-7-17(8-2)9-10-18(12-17)11-13-14(19)16(5,6)20-15(13,3)4/h13H,7-12H2,1-6H3. The highest BCUT2D eigenvalue weighted by atomic mass is 16.5. The van der Waals surface area contributed by atoms with Gasteiger partial charge in [0.1, 0.15) is 5.60 Å². The van der Waals surface area contributed by atoms with Crippen molar-refractivity contribution in [3.05, 3.63) is 0 Å². The van der Waals surface area contributed by atoms with Crippen molar-refractivity contribution in [1.29, 1.82) is 0 Å². The minimum absolute atomic E-state index is 0.00186. The fourth-order valence-corrected chi connectivity index (χ4v) is 4.09. The quantitative estimate of drug-likeness (QED) is 0.792. The van der Waals surface area contributed by atoms with Crippen LogP contribution < -0.4 is 0 Å². The molecule has 0 aliphatic carbocycles. The monoisotopic (exact) mass is 281 g/mol. The molecule has 2 heterocycles. The first-order valence-corrected chi connectivity index (χ1v) is 8.13. The molecular formula is C17H31NO2. The van der Waals surface area contributed by atoms with E-state index >= 15 is 0 Å². The topological polar surface area (TPSA) is 29.5 Å². The molecule has 116 valence electrons. The van der Waals surface area contributed by atoms with E-state index in [0.29, 0.717) is 5.41 Å². The third-order valence-electron chi connectivity index (χ3n) is 5.73. The molecule has 0 radical (unpaired) electrons. The lowest BCUT2D eigenvalue weighted by molar-refractivity contribution is -0.132. The summed E-state index contributed by atoms with van der Waals surface area (Å²) in [6.07, 6.45) is 3.75. The Morgan fingerprint density at radius 3 is 2.20 bits per heavy atom. The van der Waals surface area contributed by atoms with Gasteiger partial charge in [-0.2, -0.15) is 0 Å². The molecule has 0 aromatic rings. The van der Waals surface area contributed by atoms with E-state index in [-0.39, 0.29) is 17.3 Å². The Balaban J connectivity index is 2.06. The second kappa shape index (κ2) is 5.10. The summed E-state index contributed by atoms with van der Waals surface area (Å²) in [5.41, 5.74) is -0.493. The van der Waals surface area contributed by atoms with Crippen LogP contribution in [0.15, 0.2) is 0 Å². The minimum atomic E-state index is -0.625. The van der Waals surface area contributed by atoms with Crippen molar-refractivity contribution in [2.75, 3.05) is 19.6 Å². The zero-order valence-corrected chi connectivity index (χ0v) is 14.1. The van der Waals surface area contributed by atoms with Gasteiger partial charge in [-0.3, -0.25) is 4.79 Å². The van der Waals surface area contributed by atoms with Gasteiger partial charge in [-0.1, -0.05) is 13.8 Å². The maximum Gasteiger partial charge on any atom is 0.171 e. The van der Waals surface area contributed by atoms with Gasteiger partial charge in [0.25, 0.3) is 0 Å². The van der Waals surface area contributed by atoms with E-state index in [9.17, 15) is 4.79 Å². The molecule has 2 rings (SSSR count). The van der Waals surface area contributed by atoms with Crippen molar-refractivity contribution in [3.63, 3.8) is 0 Å². The van der Waals surface area contributed by atoms with Gasteiger partial charge in [-0.15, -0.1) is 0 Å². The lowest BCUT2D eigenvalue weighted by atomic mass is 9.81. The lowest BCUT2D eigenvalue weighted by Gasteiger charge is -2.30. The van der Waals surface area contributed by atoms with E-state index in [0.717, 1.165) is 19.6 Å². The molecule has 3 nitrogen and oxygen atoms in total. The number of carbonyl (C=O) groups is 1. The van der Waals surface area contributed by atoms with Crippen LogP contribution >= 0.6 is 0 Å². The SMILES string of the molecule is CCC1(CC)CCN(CC2C(=O)C(C)(C)OC2(C)C)C1. The maximum absolute atomic E-state index is 12.6. The zero-order valence-electron chi connectivity index (χ0n) is 14.1. The van der Waals surface area contributed by atoms with E-state index < -0.39 is 5.60 Å². The number of likely N-dealkylation sites (tertiary alicyclic amines) is 1. The fraction of sp³-hybridized carbons (Fsp3) is 0.941. The summed E-state index contributed by atoms with van der Waals surface area (Å²) >= 11 is 0. The molecule has 0 saturated carbocycles. The van der Waals surface area contributed by atoms with Crippen molar-refractivity contribution in [2.45, 2.75) is 72.0 Å². The summed E-state index contributed by atoms with van der Waals surface area (Å²) in [7, 11) is 0. The zero-order chi connectivity index (χ0) is 15.2. The molecule has 0 spiro atoms. The molecule has 20 heavy (non-hydrogen) atoms. The third kappa shape index (κ3) is 2.67. The van der Waals surface area contributed by atoms with Crippen molar-refractivity contribution < 1.29 is 9.53 Å². The highest BCUT2D eigenvalue weighted by Gasteiger charge is 2.54. The fourth-order valence-electron chi connectivity index (χ4n) is 4.09. The average molecular weight is 281 g/mol. The first-order chi connectivity index (χ1) is 9.16. The molecule has 2 aliphatic heterocycles. The van der Waals surface area contributed by atoms with Crippen molar-refractivity contribution in [1.82, 2.24) is 4.90 Å². The summed E-state index contributed by atoms with van der Waals surface area (Å²) in [4.78, 5) is 15.1. The molecule has 0 amide bonds. The Morgan fingerprint density at radius 1 is 1.20 bits per heavy atom. The molecule has 0 aromatic heterocycles. The van der Waals surface area contributed by atoms with Gasteiger partial charge in [0.15, 0.2) is 5.78 Å². The maximum atomic E-state index is 12.6. The number of ketones is 1. The van der Waals surface area contributed by atoms with E-state index in [1.54, 1.807) is 0 Å². The highest BCUT2D eigenvalue weighted by molar-refractivity contribution is 5.91. The Kier molecular flexibility index (Phi) is 4.07. The molecule has 0 aromatic carbocycles. The lowest BCUT2D eigenvalue weighted by Crippen LogP contribution is -2.41. The summed E-state index contributed by atoms with van der Waals surface area (Å²) < 4.78 is 6.00. The van der Waals surface area contributed by atoms with Crippen molar-refractivity contribution >= 4 is 5.78 Å². The van der Waals surface area contributed by atoms with Gasteiger partial charge in [0.2, 0.25) is 0 Å². The number of rotatable bonds is 4. The number of Topliss-reactive ketones (excluding diaryl/α,β-unsaturated/α-hetero) is 1. The first-order valence-electron chi connectivity index (χ1n) is 8.13. The van der Waals surface area contributed by atoms with Crippen LogP contribution in [0.25, 0.3) is 0 Å². The van der Waals surface area contributed by atoms with Crippen LogP contribution in [0, 0.1) is 11.3 Å². The molecule has 1 unspecified atom stereocenters. The van der Waals surface area contributed by atoms with Crippen LogP contribution in [0.4, 0.5) is 0 Å². The molecule has 2 aliphatic rings. The average Bonchev–Trinajstić information content (AvgIpc) is 2.83. The Morgan fingerprint density at radius 2 is 1.80 bits per heavy atom. The van der Waals surface area contributed by atoms with Gasteiger partial charge in [0.05, 0.1) is 11.5 Å².